The van der Waals surface area contributed by atoms with Gasteiger partial charge in [-0.2, -0.15) is 10.1 Å². The minimum atomic E-state index is -0.224. The van der Waals surface area contributed by atoms with E-state index in [1.165, 1.54) is 23.3 Å². The Morgan fingerprint density at radius 1 is 1.08 bits per heavy atom. The van der Waals surface area contributed by atoms with Gasteiger partial charge >= 0.3 is 0 Å². The monoisotopic (exact) mass is 322 g/mol. The Hall–Kier alpha value is -2.69. The average molecular weight is 322 g/mol. The second kappa shape index (κ2) is 6.07. The molecule has 0 saturated carbocycles. The van der Waals surface area contributed by atoms with E-state index >= 15 is 0 Å². The molecule has 24 heavy (non-hydrogen) atoms. The highest BCUT2D eigenvalue weighted by Gasteiger charge is 2.29. The summed E-state index contributed by atoms with van der Waals surface area (Å²) in [6, 6.07) is 15.5. The van der Waals surface area contributed by atoms with Crippen molar-refractivity contribution in [1.29, 1.82) is 0 Å². The van der Waals surface area contributed by atoms with E-state index < -0.39 is 0 Å². The van der Waals surface area contributed by atoms with Gasteiger partial charge in [-0.25, -0.2) is 9.07 Å². The topological polar surface area (TPSA) is 42.7 Å². The highest BCUT2D eigenvalue weighted by molar-refractivity contribution is 5.38. The number of aromatic nitrogens is 3. The molecule has 2 atom stereocenters. The Bertz CT molecular complexity index is 823. The van der Waals surface area contributed by atoms with Crippen molar-refractivity contribution in [3.05, 3.63) is 77.4 Å². The van der Waals surface area contributed by atoms with Crippen LogP contribution in [0.4, 0.5) is 10.3 Å². The first-order valence-corrected chi connectivity index (χ1v) is 8.25. The van der Waals surface area contributed by atoms with E-state index in [0.29, 0.717) is 0 Å². The van der Waals surface area contributed by atoms with Crippen LogP contribution in [0, 0.1) is 5.82 Å². The molecule has 3 aromatic rings. The van der Waals surface area contributed by atoms with E-state index in [1.54, 1.807) is 6.33 Å². The van der Waals surface area contributed by atoms with Gasteiger partial charge in [0.1, 0.15) is 12.1 Å². The summed E-state index contributed by atoms with van der Waals surface area (Å²) in [4.78, 5) is 4.33. The van der Waals surface area contributed by atoms with Gasteiger partial charge in [0.05, 0.1) is 12.1 Å². The Morgan fingerprint density at radius 2 is 1.79 bits per heavy atom. The molecule has 2 heterocycles. The van der Waals surface area contributed by atoms with Crippen LogP contribution in [-0.4, -0.2) is 14.8 Å². The number of fused-ring (bicyclic) bond motifs is 1. The van der Waals surface area contributed by atoms with Gasteiger partial charge in [0.2, 0.25) is 5.95 Å². The van der Waals surface area contributed by atoms with Gasteiger partial charge in [0, 0.05) is 0 Å². The molecule has 122 valence electrons. The van der Waals surface area contributed by atoms with E-state index in [1.807, 2.05) is 16.8 Å². The summed E-state index contributed by atoms with van der Waals surface area (Å²) in [6.45, 7) is 2.15. The Kier molecular flexibility index (Phi) is 3.76. The predicted molar refractivity (Wildman–Crippen MR) is 91.4 cm³/mol. The van der Waals surface area contributed by atoms with Crippen LogP contribution in [0.15, 0.2) is 54.9 Å². The van der Waals surface area contributed by atoms with Crippen molar-refractivity contribution < 1.29 is 4.39 Å². The molecule has 1 aromatic heterocycles. The first-order valence-electron chi connectivity index (χ1n) is 8.25. The number of hydrogen-bond acceptors (Lipinski definition) is 3. The van der Waals surface area contributed by atoms with E-state index in [4.69, 9.17) is 0 Å². The van der Waals surface area contributed by atoms with Crippen LogP contribution in [0.1, 0.15) is 42.1 Å². The maximum absolute atomic E-state index is 13.3. The van der Waals surface area contributed by atoms with Gasteiger partial charge in [-0.3, -0.25) is 0 Å². The lowest BCUT2D eigenvalue weighted by Gasteiger charge is -2.32. The van der Waals surface area contributed by atoms with Crippen LogP contribution in [0.2, 0.25) is 0 Å². The highest BCUT2D eigenvalue weighted by Crippen LogP contribution is 2.37. The zero-order valence-corrected chi connectivity index (χ0v) is 13.5. The van der Waals surface area contributed by atoms with Crippen molar-refractivity contribution >= 4 is 5.95 Å². The summed E-state index contributed by atoms with van der Waals surface area (Å²) in [5.41, 5.74) is 3.60. The molecule has 0 fully saturated rings. The minimum absolute atomic E-state index is 0.0419. The average Bonchev–Trinajstić information content (AvgIpc) is 3.10. The van der Waals surface area contributed by atoms with E-state index in [9.17, 15) is 4.39 Å². The molecule has 0 spiro atoms. The van der Waals surface area contributed by atoms with Crippen molar-refractivity contribution in [2.45, 2.75) is 31.8 Å². The number of rotatable bonds is 3. The van der Waals surface area contributed by atoms with Crippen molar-refractivity contribution in [2.24, 2.45) is 0 Å². The molecule has 1 aliphatic rings. The first-order chi connectivity index (χ1) is 11.7. The summed E-state index contributed by atoms with van der Waals surface area (Å²) in [7, 11) is 0. The first kappa shape index (κ1) is 14.9. The number of anilines is 1. The third-order valence-electron chi connectivity index (χ3n) is 4.68. The quantitative estimate of drug-likeness (QED) is 0.788. The van der Waals surface area contributed by atoms with Crippen LogP contribution in [0.3, 0.4) is 0 Å². The maximum atomic E-state index is 13.3. The number of halogens is 1. The summed E-state index contributed by atoms with van der Waals surface area (Å²) < 4.78 is 15.1. The summed E-state index contributed by atoms with van der Waals surface area (Å²) >= 11 is 0. The molecule has 0 aliphatic carbocycles. The summed E-state index contributed by atoms with van der Waals surface area (Å²) in [5, 5.41) is 7.80. The van der Waals surface area contributed by atoms with Gasteiger partial charge in [-0.15, -0.1) is 0 Å². The van der Waals surface area contributed by atoms with Gasteiger partial charge in [0.25, 0.3) is 0 Å². The fraction of sp³-hybridized carbons (Fsp3) is 0.263. The predicted octanol–water partition coefficient (Wildman–Crippen LogP) is 4.13. The molecule has 2 aromatic carbocycles. The summed E-state index contributed by atoms with van der Waals surface area (Å²) in [5.74, 6) is 0.526. The van der Waals surface area contributed by atoms with E-state index in [0.717, 1.165) is 24.4 Å². The zero-order valence-electron chi connectivity index (χ0n) is 13.5. The van der Waals surface area contributed by atoms with E-state index in [2.05, 4.69) is 46.6 Å². The van der Waals surface area contributed by atoms with Crippen molar-refractivity contribution in [3.63, 3.8) is 0 Å². The van der Waals surface area contributed by atoms with Crippen LogP contribution in [0.25, 0.3) is 0 Å². The lowest BCUT2D eigenvalue weighted by molar-refractivity contribution is 0.430. The minimum Gasteiger partial charge on any atom is -0.348 e. The number of hydrogen-bond donors (Lipinski definition) is 1. The molecule has 0 amide bonds. The second-order valence-corrected chi connectivity index (χ2v) is 6.12. The zero-order chi connectivity index (χ0) is 16.5. The van der Waals surface area contributed by atoms with Gasteiger partial charge in [0.15, 0.2) is 0 Å². The van der Waals surface area contributed by atoms with Crippen LogP contribution in [-0.2, 0) is 6.42 Å². The third kappa shape index (κ3) is 2.66. The fourth-order valence-corrected chi connectivity index (χ4v) is 3.29. The molecule has 1 N–H and O–H groups in total. The van der Waals surface area contributed by atoms with Gasteiger partial charge < -0.3 is 5.32 Å². The molecule has 0 saturated heterocycles. The maximum Gasteiger partial charge on any atom is 0.222 e. The molecule has 1 aliphatic heterocycles. The van der Waals surface area contributed by atoms with Crippen molar-refractivity contribution in [2.75, 3.05) is 5.32 Å². The smallest absolute Gasteiger partial charge is 0.222 e. The van der Waals surface area contributed by atoms with Crippen LogP contribution >= 0.6 is 0 Å². The standard InChI is InChI=1S/C19H19FN4/c1-2-13-3-5-14(6-4-13)17-11-18(15-7-9-16(20)10-8-15)24-19(23-17)21-12-22-24/h3-10,12,17-18H,2,11H2,1H3,(H,21,22,23)/t17-,18+/m0/s1. The largest absolute Gasteiger partial charge is 0.348 e. The molecule has 4 nitrogen and oxygen atoms in total. The van der Waals surface area contributed by atoms with Crippen molar-refractivity contribution in [1.82, 2.24) is 14.8 Å². The SMILES string of the molecule is CCc1ccc([C@@H]2C[C@H](c3ccc(F)cc3)n3ncnc3N2)cc1. The number of benzene rings is 2. The van der Waals surface area contributed by atoms with Crippen molar-refractivity contribution in [3.8, 4) is 0 Å². The van der Waals surface area contributed by atoms with Gasteiger partial charge in [-0.05, 0) is 41.7 Å². The summed E-state index contributed by atoms with van der Waals surface area (Å²) in [6.07, 6.45) is 3.43. The number of nitrogens with zero attached hydrogens (tertiary/aromatic N) is 3. The lowest BCUT2D eigenvalue weighted by Crippen LogP contribution is -2.28. The molecule has 0 unspecified atom stereocenters. The lowest BCUT2D eigenvalue weighted by atomic mass is 9.93. The number of nitrogens with one attached hydrogen (secondary N) is 1. The molecular formula is C19H19FN4. The Morgan fingerprint density at radius 3 is 2.50 bits per heavy atom. The molecule has 4 rings (SSSR count). The molecular weight excluding hydrogens is 303 g/mol. The third-order valence-corrected chi connectivity index (χ3v) is 4.68. The highest BCUT2D eigenvalue weighted by atomic mass is 19.1. The Balaban J connectivity index is 1.68. The second-order valence-electron chi connectivity index (χ2n) is 6.12. The molecule has 0 bridgehead atoms. The normalized spacial score (nSPS) is 19.6. The van der Waals surface area contributed by atoms with E-state index in [-0.39, 0.29) is 17.9 Å². The van der Waals surface area contributed by atoms with Crippen LogP contribution in [0.5, 0.6) is 0 Å². The van der Waals surface area contributed by atoms with Crippen LogP contribution < -0.4 is 5.32 Å². The molecule has 0 radical (unpaired) electrons. The van der Waals surface area contributed by atoms with Gasteiger partial charge in [-0.1, -0.05) is 43.3 Å². The fourth-order valence-electron chi connectivity index (χ4n) is 3.29. The number of aryl methyl sites for hydroxylation is 1. The molecule has 5 heteroatoms. The Labute approximate surface area is 140 Å².